The summed E-state index contributed by atoms with van der Waals surface area (Å²) in [5.41, 5.74) is 1.14. The molecule has 3 rings (SSSR count). The maximum Gasteiger partial charge on any atom is 0.225 e. The molecule has 0 radical (unpaired) electrons. The van der Waals surface area contributed by atoms with E-state index >= 15 is 0 Å². The van der Waals surface area contributed by atoms with Crippen LogP contribution in [0.3, 0.4) is 0 Å². The van der Waals surface area contributed by atoms with Gasteiger partial charge < -0.3 is 19.9 Å². The SMILES string of the molecule is COc1ccc(CCC(=O)N2CCN(C(=O)C3CCNCC3)CC2)cc1. The highest BCUT2D eigenvalue weighted by molar-refractivity contribution is 5.80. The molecule has 2 aliphatic rings. The molecule has 26 heavy (non-hydrogen) atoms. The number of piperazine rings is 1. The first kappa shape index (κ1) is 18.7. The first-order chi connectivity index (χ1) is 12.7. The van der Waals surface area contributed by atoms with Crippen molar-refractivity contribution in [3.63, 3.8) is 0 Å². The molecule has 2 aliphatic heterocycles. The van der Waals surface area contributed by atoms with Crippen LogP contribution in [0, 0.1) is 5.92 Å². The van der Waals surface area contributed by atoms with Crippen molar-refractivity contribution in [3.05, 3.63) is 29.8 Å². The smallest absolute Gasteiger partial charge is 0.225 e. The summed E-state index contributed by atoms with van der Waals surface area (Å²) in [6.45, 7) is 4.49. The van der Waals surface area contributed by atoms with Crippen molar-refractivity contribution < 1.29 is 14.3 Å². The topological polar surface area (TPSA) is 61.9 Å². The van der Waals surface area contributed by atoms with Gasteiger partial charge >= 0.3 is 0 Å². The van der Waals surface area contributed by atoms with Gasteiger partial charge in [-0.25, -0.2) is 0 Å². The summed E-state index contributed by atoms with van der Waals surface area (Å²) in [7, 11) is 1.65. The van der Waals surface area contributed by atoms with Gasteiger partial charge in [0.15, 0.2) is 0 Å². The quantitative estimate of drug-likeness (QED) is 0.861. The Labute approximate surface area is 155 Å². The van der Waals surface area contributed by atoms with E-state index in [4.69, 9.17) is 4.74 Å². The van der Waals surface area contributed by atoms with Gasteiger partial charge in [-0.3, -0.25) is 9.59 Å². The van der Waals surface area contributed by atoms with E-state index in [1.165, 1.54) is 0 Å². The number of benzene rings is 1. The maximum absolute atomic E-state index is 12.6. The van der Waals surface area contributed by atoms with E-state index in [9.17, 15) is 9.59 Å². The molecule has 2 amide bonds. The minimum absolute atomic E-state index is 0.161. The number of rotatable bonds is 5. The number of aryl methyl sites for hydroxylation is 1. The summed E-state index contributed by atoms with van der Waals surface area (Å²) in [4.78, 5) is 28.9. The molecule has 0 bridgehead atoms. The third kappa shape index (κ3) is 4.75. The third-order valence-electron chi connectivity index (χ3n) is 5.42. The van der Waals surface area contributed by atoms with E-state index in [1.54, 1.807) is 7.11 Å². The van der Waals surface area contributed by atoms with Crippen molar-refractivity contribution in [1.29, 1.82) is 0 Å². The molecule has 6 heteroatoms. The standard InChI is InChI=1S/C20H29N3O3/c1-26-18-5-2-16(3-6-18)4-7-19(24)22-12-14-23(15-13-22)20(25)17-8-10-21-11-9-17/h2-3,5-6,17,21H,4,7-15H2,1H3. The summed E-state index contributed by atoms with van der Waals surface area (Å²) in [6, 6.07) is 7.85. The molecule has 0 unspecified atom stereocenters. The van der Waals surface area contributed by atoms with Gasteiger partial charge in [-0.05, 0) is 50.0 Å². The van der Waals surface area contributed by atoms with Gasteiger partial charge in [0.1, 0.15) is 5.75 Å². The molecule has 2 saturated heterocycles. The largest absolute Gasteiger partial charge is 0.497 e. The van der Waals surface area contributed by atoms with Crippen LogP contribution >= 0.6 is 0 Å². The Balaban J connectivity index is 1.42. The molecule has 0 aromatic heterocycles. The number of methoxy groups -OCH3 is 1. The zero-order chi connectivity index (χ0) is 18.4. The molecule has 0 saturated carbocycles. The van der Waals surface area contributed by atoms with E-state index < -0.39 is 0 Å². The van der Waals surface area contributed by atoms with Crippen molar-refractivity contribution in [2.24, 2.45) is 5.92 Å². The van der Waals surface area contributed by atoms with Crippen molar-refractivity contribution in [1.82, 2.24) is 15.1 Å². The Bertz CT molecular complexity index is 603. The Kier molecular flexibility index (Phi) is 6.50. The molecule has 2 fully saturated rings. The average Bonchev–Trinajstić information content (AvgIpc) is 2.72. The van der Waals surface area contributed by atoms with E-state index in [-0.39, 0.29) is 17.7 Å². The van der Waals surface area contributed by atoms with Crippen LogP contribution in [0.15, 0.2) is 24.3 Å². The van der Waals surface area contributed by atoms with Crippen LogP contribution in [0.5, 0.6) is 5.75 Å². The lowest BCUT2D eigenvalue weighted by atomic mass is 9.96. The second-order valence-electron chi connectivity index (χ2n) is 7.08. The zero-order valence-corrected chi connectivity index (χ0v) is 15.6. The van der Waals surface area contributed by atoms with E-state index in [1.807, 2.05) is 34.1 Å². The minimum Gasteiger partial charge on any atom is -0.497 e. The molecule has 1 aromatic carbocycles. The minimum atomic E-state index is 0.161. The Morgan fingerprint density at radius 2 is 1.65 bits per heavy atom. The van der Waals surface area contributed by atoms with Crippen LogP contribution in [0.1, 0.15) is 24.8 Å². The molecule has 0 aliphatic carbocycles. The summed E-state index contributed by atoms with van der Waals surface area (Å²) in [5.74, 6) is 1.44. The molecule has 0 spiro atoms. The molecule has 0 atom stereocenters. The van der Waals surface area contributed by atoms with Crippen LogP contribution in [0.2, 0.25) is 0 Å². The second kappa shape index (κ2) is 9.03. The monoisotopic (exact) mass is 359 g/mol. The highest BCUT2D eigenvalue weighted by Gasteiger charge is 2.29. The van der Waals surface area contributed by atoms with E-state index in [0.717, 1.165) is 43.7 Å². The predicted octanol–water partition coefficient (Wildman–Crippen LogP) is 1.30. The van der Waals surface area contributed by atoms with Crippen LogP contribution < -0.4 is 10.1 Å². The van der Waals surface area contributed by atoms with Gasteiger partial charge in [-0.15, -0.1) is 0 Å². The highest BCUT2D eigenvalue weighted by atomic mass is 16.5. The third-order valence-corrected chi connectivity index (χ3v) is 5.42. The number of nitrogens with zero attached hydrogens (tertiary/aromatic N) is 2. The van der Waals surface area contributed by atoms with Crippen LogP contribution in [-0.2, 0) is 16.0 Å². The van der Waals surface area contributed by atoms with Crippen molar-refractivity contribution >= 4 is 11.8 Å². The second-order valence-corrected chi connectivity index (χ2v) is 7.08. The fourth-order valence-corrected chi connectivity index (χ4v) is 3.70. The zero-order valence-electron chi connectivity index (χ0n) is 15.6. The molecular formula is C20H29N3O3. The number of amides is 2. The average molecular weight is 359 g/mol. The molecule has 1 aromatic rings. The number of carbonyl (C=O) groups excluding carboxylic acids is 2. The number of piperidine rings is 1. The Morgan fingerprint density at radius 3 is 2.27 bits per heavy atom. The summed E-state index contributed by atoms with van der Waals surface area (Å²) >= 11 is 0. The van der Waals surface area contributed by atoms with Crippen molar-refractivity contribution in [2.45, 2.75) is 25.7 Å². The molecular weight excluding hydrogens is 330 g/mol. The summed E-state index contributed by atoms with van der Waals surface area (Å²) in [6.07, 6.45) is 3.10. The normalized spacial score (nSPS) is 18.7. The number of hydrogen-bond donors (Lipinski definition) is 1. The fourth-order valence-electron chi connectivity index (χ4n) is 3.70. The van der Waals surface area contributed by atoms with Gasteiger partial charge in [-0.2, -0.15) is 0 Å². The lowest BCUT2D eigenvalue weighted by Crippen LogP contribution is -2.52. The summed E-state index contributed by atoms with van der Waals surface area (Å²) in [5, 5.41) is 3.30. The molecule has 6 nitrogen and oxygen atoms in total. The van der Waals surface area contributed by atoms with E-state index in [2.05, 4.69) is 5.32 Å². The number of hydrogen-bond acceptors (Lipinski definition) is 4. The van der Waals surface area contributed by atoms with Crippen LogP contribution in [0.4, 0.5) is 0 Å². The molecule has 1 N–H and O–H groups in total. The highest BCUT2D eigenvalue weighted by Crippen LogP contribution is 2.17. The van der Waals surface area contributed by atoms with Gasteiger partial charge in [0.25, 0.3) is 0 Å². The first-order valence-corrected chi connectivity index (χ1v) is 9.57. The van der Waals surface area contributed by atoms with Crippen molar-refractivity contribution in [2.75, 3.05) is 46.4 Å². The van der Waals surface area contributed by atoms with Crippen LogP contribution in [0.25, 0.3) is 0 Å². The Morgan fingerprint density at radius 1 is 1.04 bits per heavy atom. The van der Waals surface area contributed by atoms with Gasteiger partial charge in [0.05, 0.1) is 7.11 Å². The fraction of sp³-hybridized carbons (Fsp3) is 0.600. The lowest BCUT2D eigenvalue weighted by molar-refractivity contribution is -0.142. The predicted molar refractivity (Wildman–Crippen MR) is 100 cm³/mol. The van der Waals surface area contributed by atoms with Crippen LogP contribution in [-0.4, -0.2) is 68.0 Å². The number of carbonyl (C=O) groups is 2. The lowest BCUT2D eigenvalue weighted by Gasteiger charge is -2.37. The number of ether oxygens (including phenoxy) is 1. The Hall–Kier alpha value is -2.08. The van der Waals surface area contributed by atoms with Gasteiger partial charge in [0.2, 0.25) is 11.8 Å². The van der Waals surface area contributed by atoms with Crippen molar-refractivity contribution in [3.8, 4) is 5.75 Å². The molecule has 2 heterocycles. The molecule has 142 valence electrons. The van der Waals surface area contributed by atoms with Gasteiger partial charge in [-0.1, -0.05) is 12.1 Å². The number of nitrogens with one attached hydrogen (secondary N) is 1. The van der Waals surface area contributed by atoms with Gasteiger partial charge in [0, 0.05) is 38.5 Å². The van der Waals surface area contributed by atoms with E-state index in [0.29, 0.717) is 32.6 Å². The first-order valence-electron chi connectivity index (χ1n) is 9.57. The summed E-state index contributed by atoms with van der Waals surface area (Å²) < 4.78 is 5.15. The maximum atomic E-state index is 12.6.